The Balaban J connectivity index is 1.07. The fourth-order valence-corrected chi connectivity index (χ4v) is 7.53. The number of hydrogen-bond acceptors (Lipinski definition) is 2. The van der Waals surface area contributed by atoms with Crippen LogP contribution in [0.3, 0.4) is 0 Å². The van der Waals surface area contributed by atoms with E-state index in [-0.39, 0.29) is 0 Å². The van der Waals surface area contributed by atoms with Crippen molar-refractivity contribution in [1.29, 1.82) is 0 Å². The summed E-state index contributed by atoms with van der Waals surface area (Å²) >= 11 is 0. The Morgan fingerprint density at radius 1 is 0.477 bits per heavy atom. The molecule has 0 aliphatic heterocycles. The third kappa shape index (κ3) is 3.75. The van der Waals surface area contributed by atoms with Gasteiger partial charge in [-0.25, -0.2) is 0 Å². The van der Waals surface area contributed by atoms with Crippen molar-refractivity contribution in [1.82, 2.24) is 0 Å². The van der Waals surface area contributed by atoms with Crippen molar-refractivity contribution in [3.05, 3.63) is 156 Å². The molecule has 2 N–H and O–H groups in total. The zero-order valence-electron chi connectivity index (χ0n) is 24.4. The van der Waals surface area contributed by atoms with Crippen molar-refractivity contribution in [2.24, 2.45) is 0 Å². The monoisotopic (exact) mass is 566 g/mol. The van der Waals surface area contributed by atoms with Crippen molar-refractivity contribution in [2.45, 2.75) is 25.0 Å². The zero-order chi connectivity index (χ0) is 29.6. The van der Waals surface area contributed by atoms with Gasteiger partial charge in [0, 0.05) is 6.42 Å². The van der Waals surface area contributed by atoms with Gasteiger partial charge in [0.2, 0.25) is 0 Å². The van der Waals surface area contributed by atoms with E-state index in [1.807, 2.05) is 31.2 Å². The normalized spacial score (nSPS) is 14.4. The summed E-state index contributed by atoms with van der Waals surface area (Å²) in [6.45, 7) is 1.85. The van der Waals surface area contributed by atoms with Crippen LogP contribution in [0.15, 0.2) is 133 Å². The molecular formula is C42H30O2. The van der Waals surface area contributed by atoms with Gasteiger partial charge in [0.1, 0.15) is 5.60 Å². The average molecular weight is 567 g/mol. The van der Waals surface area contributed by atoms with Crippen LogP contribution < -0.4 is 0 Å². The number of aliphatic hydroxyl groups is 2. The first-order valence-electron chi connectivity index (χ1n) is 15.3. The van der Waals surface area contributed by atoms with Gasteiger partial charge in [0.15, 0.2) is 0 Å². The van der Waals surface area contributed by atoms with Crippen molar-refractivity contribution in [3.63, 3.8) is 0 Å². The Labute approximate surface area is 255 Å². The molecule has 0 heterocycles. The fraction of sp³-hybridized carbons (Fsp3) is 0.0952. The number of benzene rings is 9. The van der Waals surface area contributed by atoms with Gasteiger partial charge in [-0.15, -0.1) is 0 Å². The van der Waals surface area contributed by atoms with Gasteiger partial charge in [-0.3, -0.25) is 0 Å². The quantitative estimate of drug-likeness (QED) is 0.204. The van der Waals surface area contributed by atoms with Crippen molar-refractivity contribution >= 4 is 64.6 Å². The van der Waals surface area contributed by atoms with Gasteiger partial charge >= 0.3 is 0 Å². The molecule has 0 saturated carbocycles. The summed E-state index contributed by atoms with van der Waals surface area (Å²) in [7, 11) is 0. The SMILES string of the molecule is CC(O)(c1cccc(C(O)Cc2cc3ccc4cccc5ccc(c2)c3c45)c1)c1cc2ccc3cccc4ccc(c1)c2c34. The van der Waals surface area contributed by atoms with Gasteiger partial charge in [-0.1, -0.05) is 115 Å². The fourth-order valence-electron chi connectivity index (χ4n) is 7.53. The minimum atomic E-state index is -1.24. The predicted molar refractivity (Wildman–Crippen MR) is 184 cm³/mol. The van der Waals surface area contributed by atoms with Gasteiger partial charge < -0.3 is 10.2 Å². The molecule has 210 valence electrons. The number of aliphatic hydroxyl groups excluding tert-OH is 1. The lowest BCUT2D eigenvalue weighted by atomic mass is 9.83. The highest BCUT2D eigenvalue weighted by Crippen LogP contribution is 2.40. The Kier molecular flexibility index (Phi) is 5.35. The lowest BCUT2D eigenvalue weighted by molar-refractivity contribution is 0.102. The maximum Gasteiger partial charge on any atom is 0.112 e. The molecule has 0 saturated heterocycles. The lowest BCUT2D eigenvalue weighted by Gasteiger charge is -2.27. The molecule has 0 aliphatic rings. The van der Waals surface area contributed by atoms with Crippen LogP contribution in [0.25, 0.3) is 64.6 Å². The molecule has 2 heteroatoms. The number of rotatable bonds is 5. The standard InChI is InChI=1S/C42H30O2/c1-42(44,36-23-33-17-13-28-7-3-8-29-14-18-34(24-36)41(33)39(28)29)35-10-4-9-30(22-35)37(43)21-25-19-31-15-11-26-5-2-6-27-12-16-32(20-25)40(31)38(26)27/h2-20,22-24,37,43-44H,21H2,1H3. The number of hydrogen-bond donors (Lipinski definition) is 2. The predicted octanol–water partition coefficient (Wildman–Crippen LogP) is 10.0. The minimum Gasteiger partial charge on any atom is -0.388 e. The van der Waals surface area contributed by atoms with Gasteiger partial charge in [-0.05, 0) is 112 Å². The summed E-state index contributed by atoms with van der Waals surface area (Å²) in [5.41, 5.74) is 2.24. The van der Waals surface area contributed by atoms with E-state index in [1.165, 1.54) is 53.9 Å². The molecular weight excluding hydrogens is 536 g/mol. The Bertz CT molecular complexity index is 2390. The molecule has 2 unspecified atom stereocenters. The van der Waals surface area contributed by atoms with Crippen LogP contribution in [0.1, 0.15) is 35.3 Å². The highest BCUT2D eigenvalue weighted by Gasteiger charge is 2.28. The second-order valence-corrected chi connectivity index (χ2v) is 12.6. The van der Waals surface area contributed by atoms with E-state index >= 15 is 0 Å². The molecule has 0 bridgehead atoms. The molecule has 0 fully saturated rings. The van der Waals surface area contributed by atoms with E-state index in [4.69, 9.17) is 0 Å². The van der Waals surface area contributed by atoms with E-state index in [1.54, 1.807) is 0 Å². The third-order valence-corrected chi connectivity index (χ3v) is 9.81. The van der Waals surface area contributed by atoms with Crippen LogP contribution in [-0.2, 0) is 12.0 Å². The summed E-state index contributed by atoms with van der Waals surface area (Å²) in [6.07, 6.45) is -0.216. The second-order valence-electron chi connectivity index (χ2n) is 12.6. The van der Waals surface area contributed by atoms with E-state index < -0.39 is 11.7 Å². The summed E-state index contributed by atoms with van der Waals surface area (Å²) < 4.78 is 0. The van der Waals surface area contributed by atoms with E-state index in [2.05, 4.69) is 109 Å². The van der Waals surface area contributed by atoms with Crippen LogP contribution in [0.4, 0.5) is 0 Å². The first-order chi connectivity index (χ1) is 21.4. The largest absolute Gasteiger partial charge is 0.388 e. The maximum absolute atomic E-state index is 12.0. The van der Waals surface area contributed by atoms with Crippen LogP contribution in [0, 0.1) is 0 Å². The first-order valence-corrected chi connectivity index (χ1v) is 15.3. The Morgan fingerprint density at radius 3 is 1.39 bits per heavy atom. The topological polar surface area (TPSA) is 40.5 Å². The lowest BCUT2D eigenvalue weighted by Crippen LogP contribution is -2.23. The first kappa shape index (κ1) is 25.5. The molecule has 0 aliphatic carbocycles. The highest BCUT2D eigenvalue weighted by atomic mass is 16.3. The molecule has 9 aromatic rings. The molecule has 0 amide bonds. The van der Waals surface area contributed by atoms with Crippen LogP contribution in [-0.4, -0.2) is 10.2 Å². The van der Waals surface area contributed by atoms with Crippen molar-refractivity contribution < 1.29 is 10.2 Å². The zero-order valence-corrected chi connectivity index (χ0v) is 24.4. The molecule has 44 heavy (non-hydrogen) atoms. The van der Waals surface area contributed by atoms with E-state index in [9.17, 15) is 10.2 Å². The second kappa shape index (κ2) is 9.24. The van der Waals surface area contributed by atoms with Crippen LogP contribution >= 0.6 is 0 Å². The molecule has 0 radical (unpaired) electrons. The van der Waals surface area contributed by atoms with Crippen molar-refractivity contribution in [2.75, 3.05) is 0 Å². The third-order valence-electron chi connectivity index (χ3n) is 9.81. The summed E-state index contributed by atoms with van der Waals surface area (Å²) in [5.74, 6) is 0. The molecule has 0 aromatic heterocycles. The molecule has 2 nitrogen and oxygen atoms in total. The summed E-state index contributed by atoms with van der Waals surface area (Å²) in [4.78, 5) is 0. The van der Waals surface area contributed by atoms with E-state index in [0.29, 0.717) is 6.42 Å². The molecule has 2 atom stereocenters. The average Bonchev–Trinajstić information content (AvgIpc) is 3.06. The van der Waals surface area contributed by atoms with Gasteiger partial charge in [-0.2, -0.15) is 0 Å². The van der Waals surface area contributed by atoms with Crippen molar-refractivity contribution in [3.8, 4) is 0 Å². The van der Waals surface area contributed by atoms with Gasteiger partial charge in [0.25, 0.3) is 0 Å². The Hall–Kier alpha value is -5.02. The Morgan fingerprint density at radius 2 is 0.886 bits per heavy atom. The minimum absolute atomic E-state index is 0.488. The van der Waals surface area contributed by atoms with Crippen LogP contribution in [0.5, 0.6) is 0 Å². The maximum atomic E-state index is 12.0. The van der Waals surface area contributed by atoms with Gasteiger partial charge in [0.05, 0.1) is 6.10 Å². The molecule has 9 rings (SSSR count). The summed E-state index contributed by atoms with van der Waals surface area (Å²) in [6, 6.07) is 46.7. The highest BCUT2D eigenvalue weighted by molar-refractivity contribution is 6.24. The molecule has 0 spiro atoms. The smallest absolute Gasteiger partial charge is 0.112 e. The van der Waals surface area contributed by atoms with E-state index in [0.717, 1.165) is 33.0 Å². The van der Waals surface area contributed by atoms with Crippen LogP contribution in [0.2, 0.25) is 0 Å². The molecule has 9 aromatic carbocycles. The summed E-state index contributed by atoms with van der Waals surface area (Å²) in [5, 5.41) is 38.2.